The van der Waals surface area contributed by atoms with E-state index in [1.54, 1.807) is 61.7 Å². The van der Waals surface area contributed by atoms with Crippen LogP contribution < -0.4 is 20.3 Å². The molecule has 2 rings (SSSR count). The van der Waals surface area contributed by atoms with E-state index in [-0.39, 0.29) is 5.91 Å². The first-order chi connectivity index (χ1) is 11.6. The molecule has 0 aliphatic rings. The van der Waals surface area contributed by atoms with Crippen molar-refractivity contribution in [3.05, 3.63) is 65.7 Å². The van der Waals surface area contributed by atoms with E-state index < -0.39 is 5.91 Å². The normalized spacial score (nSPS) is 10.2. The molecule has 124 valence electrons. The molecule has 0 aliphatic carbocycles. The van der Waals surface area contributed by atoms with Gasteiger partial charge in [0.05, 0.1) is 14.2 Å². The summed E-state index contributed by atoms with van der Waals surface area (Å²) in [4.78, 5) is 23.6. The number of hydrogen-bond acceptors (Lipinski definition) is 4. The summed E-state index contributed by atoms with van der Waals surface area (Å²) in [6.45, 7) is 0. The third-order valence-corrected chi connectivity index (χ3v) is 3.19. The van der Waals surface area contributed by atoms with Gasteiger partial charge < -0.3 is 9.47 Å². The van der Waals surface area contributed by atoms with Crippen molar-refractivity contribution in [3.63, 3.8) is 0 Å². The highest BCUT2D eigenvalue weighted by molar-refractivity contribution is 5.98. The van der Waals surface area contributed by atoms with Gasteiger partial charge in [-0.05, 0) is 30.3 Å². The van der Waals surface area contributed by atoms with Gasteiger partial charge in [0.25, 0.3) is 11.8 Å². The molecular formula is C18H18N2O4. The van der Waals surface area contributed by atoms with Crippen molar-refractivity contribution in [1.29, 1.82) is 0 Å². The average Bonchev–Trinajstić information content (AvgIpc) is 2.64. The molecule has 6 nitrogen and oxygen atoms in total. The lowest BCUT2D eigenvalue weighted by Crippen LogP contribution is -2.40. The Kier molecular flexibility index (Phi) is 5.96. The minimum Gasteiger partial charge on any atom is -0.497 e. The van der Waals surface area contributed by atoms with Crippen molar-refractivity contribution in [2.45, 2.75) is 0 Å². The quantitative estimate of drug-likeness (QED) is 0.652. The Morgan fingerprint density at radius 3 is 2.38 bits per heavy atom. The Hall–Kier alpha value is -3.28. The van der Waals surface area contributed by atoms with Crippen molar-refractivity contribution in [1.82, 2.24) is 10.9 Å². The average molecular weight is 326 g/mol. The second kappa shape index (κ2) is 8.38. The second-order valence-corrected chi connectivity index (χ2v) is 4.75. The molecule has 2 amide bonds. The first-order valence-corrected chi connectivity index (χ1v) is 7.19. The molecule has 0 heterocycles. The summed E-state index contributed by atoms with van der Waals surface area (Å²) in [6, 6.07) is 13.8. The molecule has 0 aromatic heterocycles. The molecule has 2 N–H and O–H groups in total. The summed E-state index contributed by atoms with van der Waals surface area (Å²) < 4.78 is 10.4. The van der Waals surface area contributed by atoms with E-state index in [0.717, 1.165) is 0 Å². The lowest BCUT2D eigenvalue weighted by atomic mass is 10.1. The van der Waals surface area contributed by atoms with E-state index in [9.17, 15) is 9.59 Å². The molecule has 0 fully saturated rings. The van der Waals surface area contributed by atoms with Gasteiger partial charge >= 0.3 is 0 Å². The predicted octanol–water partition coefficient (Wildman–Crippen LogP) is 2.18. The highest BCUT2D eigenvalue weighted by Crippen LogP contribution is 2.25. The van der Waals surface area contributed by atoms with Gasteiger partial charge in [-0.2, -0.15) is 0 Å². The number of ether oxygens (including phenoxy) is 2. The summed E-state index contributed by atoms with van der Waals surface area (Å²) in [5, 5.41) is 0. The van der Waals surface area contributed by atoms with Gasteiger partial charge in [-0.1, -0.05) is 18.2 Å². The molecule has 0 saturated carbocycles. The van der Waals surface area contributed by atoms with Crippen molar-refractivity contribution < 1.29 is 19.1 Å². The monoisotopic (exact) mass is 326 g/mol. The van der Waals surface area contributed by atoms with E-state index in [1.165, 1.54) is 13.2 Å². The fraction of sp³-hybridized carbons (Fsp3) is 0.111. The van der Waals surface area contributed by atoms with Gasteiger partial charge in [0.15, 0.2) is 0 Å². The standard InChI is InChI=1S/C18H18N2O4/c1-23-15-10-8-13(16(12-15)24-2)9-11-17(21)19-20-18(22)14-6-4-3-5-7-14/h3-12H,1-2H3,(H,19,21)(H,20,22)/b11-9+. The van der Waals surface area contributed by atoms with Gasteiger partial charge in [-0.3, -0.25) is 20.4 Å². The number of hydrazine groups is 1. The summed E-state index contributed by atoms with van der Waals surface area (Å²) in [5.74, 6) is 0.381. The molecule has 0 spiro atoms. The topological polar surface area (TPSA) is 76.7 Å². The van der Waals surface area contributed by atoms with E-state index in [0.29, 0.717) is 22.6 Å². The number of hydrogen-bond donors (Lipinski definition) is 2. The van der Waals surface area contributed by atoms with Crippen LogP contribution in [0.3, 0.4) is 0 Å². The number of nitrogens with one attached hydrogen (secondary N) is 2. The molecule has 2 aromatic carbocycles. The summed E-state index contributed by atoms with van der Waals surface area (Å²) in [5.41, 5.74) is 5.83. The SMILES string of the molecule is COc1ccc(/C=C/C(=O)NNC(=O)c2ccccc2)c(OC)c1. The van der Waals surface area contributed by atoms with Crippen LogP contribution in [0.5, 0.6) is 11.5 Å². The maximum Gasteiger partial charge on any atom is 0.269 e. The number of carbonyl (C=O) groups excluding carboxylic acids is 2. The zero-order valence-corrected chi connectivity index (χ0v) is 13.4. The fourth-order valence-corrected chi connectivity index (χ4v) is 1.94. The van der Waals surface area contributed by atoms with Gasteiger partial charge in [0.1, 0.15) is 11.5 Å². The Labute approximate surface area is 140 Å². The Morgan fingerprint density at radius 1 is 0.958 bits per heavy atom. The van der Waals surface area contributed by atoms with Gasteiger partial charge in [0.2, 0.25) is 0 Å². The minimum atomic E-state index is -0.461. The molecule has 0 saturated heterocycles. The van der Waals surface area contributed by atoms with Crippen LogP contribution in [0, 0.1) is 0 Å². The van der Waals surface area contributed by atoms with Crippen LogP contribution in [-0.4, -0.2) is 26.0 Å². The number of rotatable bonds is 5. The van der Waals surface area contributed by atoms with Crippen LogP contribution in [0.15, 0.2) is 54.6 Å². The molecular weight excluding hydrogens is 308 g/mol. The van der Waals surface area contributed by atoms with Crippen molar-refractivity contribution in [2.75, 3.05) is 14.2 Å². The molecule has 0 aliphatic heterocycles. The van der Waals surface area contributed by atoms with Gasteiger partial charge in [-0.15, -0.1) is 0 Å². The smallest absolute Gasteiger partial charge is 0.269 e. The second-order valence-electron chi connectivity index (χ2n) is 4.75. The van der Waals surface area contributed by atoms with Crippen LogP contribution in [0.2, 0.25) is 0 Å². The molecule has 0 unspecified atom stereocenters. The zero-order chi connectivity index (χ0) is 17.4. The van der Waals surface area contributed by atoms with E-state index in [1.807, 2.05) is 0 Å². The molecule has 24 heavy (non-hydrogen) atoms. The van der Waals surface area contributed by atoms with Crippen molar-refractivity contribution in [3.8, 4) is 11.5 Å². The number of methoxy groups -OCH3 is 2. The lowest BCUT2D eigenvalue weighted by Gasteiger charge is -2.07. The first-order valence-electron chi connectivity index (χ1n) is 7.19. The Bertz CT molecular complexity index is 742. The molecule has 2 aromatic rings. The van der Waals surface area contributed by atoms with E-state index in [2.05, 4.69) is 10.9 Å². The minimum absolute atomic E-state index is 0.389. The summed E-state index contributed by atoms with van der Waals surface area (Å²) in [6.07, 6.45) is 2.89. The maximum atomic E-state index is 11.8. The third kappa shape index (κ3) is 4.61. The first kappa shape index (κ1) is 17.1. The number of amides is 2. The van der Waals surface area contributed by atoms with Crippen LogP contribution in [0.1, 0.15) is 15.9 Å². The zero-order valence-electron chi connectivity index (χ0n) is 13.4. The van der Waals surface area contributed by atoms with E-state index in [4.69, 9.17) is 9.47 Å². The van der Waals surface area contributed by atoms with Crippen molar-refractivity contribution in [2.24, 2.45) is 0 Å². The van der Waals surface area contributed by atoms with Crippen LogP contribution in [0.4, 0.5) is 0 Å². The van der Waals surface area contributed by atoms with Gasteiger partial charge in [0, 0.05) is 23.3 Å². The van der Waals surface area contributed by atoms with Gasteiger partial charge in [-0.25, -0.2) is 0 Å². The van der Waals surface area contributed by atoms with E-state index >= 15 is 0 Å². The van der Waals surface area contributed by atoms with Crippen LogP contribution in [-0.2, 0) is 4.79 Å². The maximum absolute atomic E-state index is 11.8. The largest absolute Gasteiger partial charge is 0.497 e. The predicted molar refractivity (Wildman–Crippen MR) is 90.6 cm³/mol. The molecule has 0 radical (unpaired) electrons. The molecule has 0 bridgehead atoms. The number of carbonyl (C=O) groups is 2. The number of benzene rings is 2. The van der Waals surface area contributed by atoms with Crippen LogP contribution >= 0.6 is 0 Å². The molecule has 6 heteroatoms. The van der Waals surface area contributed by atoms with Crippen molar-refractivity contribution >= 4 is 17.9 Å². The Morgan fingerprint density at radius 2 is 1.71 bits per heavy atom. The summed E-state index contributed by atoms with van der Waals surface area (Å²) >= 11 is 0. The van der Waals surface area contributed by atoms with Crippen LogP contribution in [0.25, 0.3) is 6.08 Å². The Balaban J connectivity index is 1.95. The molecule has 0 atom stereocenters. The fourth-order valence-electron chi connectivity index (χ4n) is 1.94. The third-order valence-electron chi connectivity index (χ3n) is 3.19. The highest BCUT2D eigenvalue weighted by atomic mass is 16.5. The summed E-state index contributed by atoms with van der Waals surface area (Å²) in [7, 11) is 3.10. The highest BCUT2D eigenvalue weighted by Gasteiger charge is 2.06. The lowest BCUT2D eigenvalue weighted by molar-refractivity contribution is -0.117.